The van der Waals surface area contributed by atoms with Crippen molar-refractivity contribution in [3.05, 3.63) is 53.6 Å². The molecular formula is C21H27NO4S. The zero-order valence-corrected chi connectivity index (χ0v) is 16.7. The van der Waals surface area contributed by atoms with E-state index < -0.39 is 10.0 Å². The van der Waals surface area contributed by atoms with Crippen molar-refractivity contribution in [3.8, 4) is 11.5 Å². The van der Waals surface area contributed by atoms with Crippen molar-refractivity contribution < 1.29 is 17.9 Å². The number of nitrogens with one attached hydrogen (secondary N) is 1. The van der Waals surface area contributed by atoms with Crippen LogP contribution in [0.15, 0.2) is 47.4 Å². The molecule has 2 aromatic rings. The average molecular weight is 390 g/mol. The van der Waals surface area contributed by atoms with Gasteiger partial charge in [0.1, 0.15) is 18.1 Å². The first-order valence-electron chi connectivity index (χ1n) is 9.41. The molecule has 0 amide bonds. The Hall–Kier alpha value is -2.05. The van der Waals surface area contributed by atoms with Crippen LogP contribution in [0.2, 0.25) is 0 Å². The van der Waals surface area contributed by atoms with Gasteiger partial charge in [-0.15, -0.1) is 0 Å². The molecule has 1 N–H and O–H groups in total. The third kappa shape index (κ3) is 5.23. The molecule has 5 nitrogen and oxygen atoms in total. The maximum absolute atomic E-state index is 12.4. The normalized spacial score (nSPS) is 15.0. The molecule has 146 valence electrons. The van der Waals surface area contributed by atoms with Gasteiger partial charge in [0, 0.05) is 6.54 Å². The van der Waals surface area contributed by atoms with Crippen molar-refractivity contribution in [2.45, 2.75) is 50.5 Å². The van der Waals surface area contributed by atoms with E-state index in [2.05, 4.69) is 4.72 Å². The second-order valence-electron chi connectivity index (χ2n) is 6.94. The average Bonchev–Trinajstić information content (AvgIpc) is 3.15. The Morgan fingerprint density at radius 2 is 1.74 bits per heavy atom. The van der Waals surface area contributed by atoms with E-state index in [9.17, 15) is 8.42 Å². The molecule has 0 radical (unpaired) electrons. The minimum absolute atomic E-state index is 0.204. The quantitative estimate of drug-likeness (QED) is 0.694. The number of rotatable bonds is 8. The van der Waals surface area contributed by atoms with E-state index >= 15 is 0 Å². The molecule has 1 fully saturated rings. The molecule has 0 atom stereocenters. The standard InChI is InChI=1S/C21H27NO4S/c1-16-6-5-9-21(17(16)2)25-15-14-22-27(23,24)20-12-10-19(11-13-20)26-18-7-3-4-8-18/h5-6,9-13,18,22H,3-4,7-8,14-15H2,1-2H3. The largest absolute Gasteiger partial charge is 0.492 e. The SMILES string of the molecule is Cc1cccc(OCCNS(=O)(=O)c2ccc(OC3CCCC3)cc2)c1C. The number of hydrogen-bond acceptors (Lipinski definition) is 4. The molecule has 6 heteroatoms. The second kappa shape index (κ2) is 8.76. The van der Waals surface area contributed by atoms with Gasteiger partial charge in [-0.25, -0.2) is 13.1 Å². The number of ether oxygens (including phenoxy) is 2. The molecule has 0 saturated heterocycles. The van der Waals surface area contributed by atoms with Crippen molar-refractivity contribution in [2.75, 3.05) is 13.2 Å². The van der Waals surface area contributed by atoms with Crippen molar-refractivity contribution in [3.63, 3.8) is 0 Å². The predicted octanol–water partition coefficient (Wildman–Crippen LogP) is 3.98. The fourth-order valence-corrected chi connectivity index (χ4v) is 4.21. The molecular weight excluding hydrogens is 362 g/mol. The van der Waals surface area contributed by atoms with Gasteiger partial charge in [0.15, 0.2) is 0 Å². The Kier molecular flexibility index (Phi) is 6.39. The van der Waals surface area contributed by atoms with Gasteiger partial charge in [0.05, 0.1) is 11.0 Å². The smallest absolute Gasteiger partial charge is 0.240 e. The van der Waals surface area contributed by atoms with Crippen molar-refractivity contribution >= 4 is 10.0 Å². The Balaban J connectivity index is 1.51. The van der Waals surface area contributed by atoms with Crippen molar-refractivity contribution in [1.29, 1.82) is 0 Å². The van der Waals surface area contributed by atoms with E-state index in [0.717, 1.165) is 35.5 Å². The van der Waals surface area contributed by atoms with E-state index in [1.54, 1.807) is 24.3 Å². The molecule has 0 aliphatic heterocycles. The monoisotopic (exact) mass is 389 g/mol. The number of hydrogen-bond donors (Lipinski definition) is 1. The van der Waals surface area contributed by atoms with Crippen LogP contribution in [-0.2, 0) is 10.0 Å². The highest BCUT2D eigenvalue weighted by Crippen LogP contribution is 2.25. The Bertz CT molecular complexity index is 856. The van der Waals surface area contributed by atoms with Crippen LogP contribution in [0, 0.1) is 13.8 Å². The van der Waals surface area contributed by atoms with E-state index in [4.69, 9.17) is 9.47 Å². The summed E-state index contributed by atoms with van der Waals surface area (Å²) in [4.78, 5) is 0.230. The summed E-state index contributed by atoms with van der Waals surface area (Å²) in [6, 6.07) is 12.4. The van der Waals surface area contributed by atoms with Crippen LogP contribution in [-0.4, -0.2) is 27.7 Å². The number of aryl methyl sites for hydroxylation is 1. The molecule has 1 saturated carbocycles. The van der Waals surface area contributed by atoms with Crippen LogP contribution >= 0.6 is 0 Å². The van der Waals surface area contributed by atoms with Gasteiger partial charge >= 0.3 is 0 Å². The highest BCUT2D eigenvalue weighted by atomic mass is 32.2. The molecule has 27 heavy (non-hydrogen) atoms. The van der Waals surface area contributed by atoms with Crippen LogP contribution in [0.25, 0.3) is 0 Å². The van der Waals surface area contributed by atoms with E-state index in [1.165, 1.54) is 12.8 Å². The van der Waals surface area contributed by atoms with Crippen molar-refractivity contribution in [2.24, 2.45) is 0 Å². The lowest BCUT2D eigenvalue weighted by molar-refractivity contribution is 0.210. The maximum atomic E-state index is 12.4. The first-order valence-corrected chi connectivity index (χ1v) is 10.9. The number of benzene rings is 2. The maximum Gasteiger partial charge on any atom is 0.240 e. The highest BCUT2D eigenvalue weighted by molar-refractivity contribution is 7.89. The Morgan fingerprint density at radius 3 is 2.44 bits per heavy atom. The van der Waals surface area contributed by atoms with Gasteiger partial charge in [-0.3, -0.25) is 0 Å². The van der Waals surface area contributed by atoms with Gasteiger partial charge in [-0.2, -0.15) is 0 Å². The van der Waals surface area contributed by atoms with E-state index in [1.807, 2.05) is 32.0 Å². The zero-order chi connectivity index (χ0) is 19.3. The summed E-state index contributed by atoms with van der Waals surface area (Å²) in [5.41, 5.74) is 2.21. The molecule has 0 heterocycles. The van der Waals surface area contributed by atoms with Gasteiger partial charge in [-0.05, 0) is 81.0 Å². The predicted molar refractivity (Wildman–Crippen MR) is 106 cm³/mol. The lowest BCUT2D eigenvalue weighted by atomic mass is 10.1. The molecule has 3 rings (SSSR count). The minimum atomic E-state index is -3.56. The van der Waals surface area contributed by atoms with Gasteiger partial charge in [-0.1, -0.05) is 12.1 Å². The third-order valence-corrected chi connectivity index (χ3v) is 6.42. The summed E-state index contributed by atoms with van der Waals surface area (Å²) in [6.45, 7) is 4.48. The summed E-state index contributed by atoms with van der Waals surface area (Å²) in [6.07, 6.45) is 4.80. The number of sulfonamides is 1. The molecule has 0 unspecified atom stereocenters. The molecule has 0 bridgehead atoms. The fourth-order valence-electron chi connectivity index (χ4n) is 3.20. The molecule has 0 aromatic heterocycles. The fraction of sp³-hybridized carbons (Fsp3) is 0.429. The Labute approximate surface area is 161 Å². The summed E-state index contributed by atoms with van der Waals surface area (Å²) in [7, 11) is -3.56. The molecule has 1 aliphatic carbocycles. The van der Waals surface area contributed by atoms with Crippen LogP contribution < -0.4 is 14.2 Å². The second-order valence-corrected chi connectivity index (χ2v) is 8.71. The lowest BCUT2D eigenvalue weighted by Gasteiger charge is -2.14. The first kappa shape index (κ1) is 19.7. The minimum Gasteiger partial charge on any atom is -0.492 e. The first-order chi connectivity index (χ1) is 13.0. The topological polar surface area (TPSA) is 64.6 Å². The summed E-state index contributed by atoms with van der Waals surface area (Å²) in [5.74, 6) is 1.50. The van der Waals surface area contributed by atoms with Crippen LogP contribution in [0.1, 0.15) is 36.8 Å². The molecule has 2 aromatic carbocycles. The zero-order valence-electron chi connectivity index (χ0n) is 15.9. The van der Waals surface area contributed by atoms with Gasteiger partial charge < -0.3 is 9.47 Å². The molecule has 1 aliphatic rings. The Morgan fingerprint density at radius 1 is 1.04 bits per heavy atom. The highest BCUT2D eigenvalue weighted by Gasteiger charge is 2.18. The van der Waals surface area contributed by atoms with E-state index in [0.29, 0.717) is 0 Å². The van der Waals surface area contributed by atoms with E-state index in [-0.39, 0.29) is 24.2 Å². The van der Waals surface area contributed by atoms with Gasteiger partial charge in [0.25, 0.3) is 0 Å². The summed E-state index contributed by atoms with van der Waals surface area (Å²) in [5, 5.41) is 0. The van der Waals surface area contributed by atoms with Crippen LogP contribution in [0.3, 0.4) is 0 Å². The molecule has 0 spiro atoms. The summed E-state index contributed by atoms with van der Waals surface area (Å²) < 4.78 is 39.0. The lowest BCUT2D eigenvalue weighted by Crippen LogP contribution is -2.28. The van der Waals surface area contributed by atoms with Crippen LogP contribution in [0.4, 0.5) is 0 Å². The van der Waals surface area contributed by atoms with Crippen molar-refractivity contribution in [1.82, 2.24) is 4.72 Å². The third-order valence-electron chi connectivity index (χ3n) is 4.95. The van der Waals surface area contributed by atoms with Crippen LogP contribution in [0.5, 0.6) is 11.5 Å². The summed E-state index contributed by atoms with van der Waals surface area (Å²) >= 11 is 0. The van der Waals surface area contributed by atoms with Gasteiger partial charge in [0.2, 0.25) is 10.0 Å².